The van der Waals surface area contributed by atoms with Crippen LogP contribution < -0.4 is 5.32 Å². The summed E-state index contributed by atoms with van der Waals surface area (Å²) in [7, 11) is 0. The summed E-state index contributed by atoms with van der Waals surface area (Å²) in [5, 5.41) is 13.1. The van der Waals surface area contributed by atoms with Crippen LogP contribution in [0, 0.1) is 12.3 Å². The van der Waals surface area contributed by atoms with Crippen molar-refractivity contribution in [3.8, 4) is 0 Å². The third-order valence-electron chi connectivity index (χ3n) is 5.64. The molecule has 3 rings (SSSR count). The number of rotatable bonds is 3. The zero-order valence-electron chi connectivity index (χ0n) is 12.8. The van der Waals surface area contributed by atoms with E-state index in [1.807, 2.05) is 31.2 Å². The van der Waals surface area contributed by atoms with Gasteiger partial charge in [0.25, 0.3) is 0 Å². The fraction of sp³-hybridized carbons (Fsp3) is 0.611. The van der Waals surface area contributed by atoms with Crippen LogP contribution in [0.1, 0.15) is 56.9 Å². The first kappa shape index (κ1) is 14.4. The SMILES string of the molecule is Cc1cccc(NC2(C(=O)O)CCC3(CCCC3)CC2)c1. The molecule has 2 aliphatic rings. The molecule has 2 fully saturated rings. The molecule has 0 unspecified atom stereocenters. The van der Waals surface area contributed by atoms with E-state index in [-0.39, 0.29) is 0 Å². The van der Waals surface area contributed by atoms with Gasteiger partial charge >= 0.3 is 5.97 Å². The Kier molecular flexibility index (Phi) is 3.68. The number of carboxylic acid groups (broad SMARTS) is 1. The summed E-state index contributed by atoms with van der Waals surface area (Å²) in [5.41, 5.74) is 1.76. The first-order valence-electron chi connectivity index (χ1n) is 8.12. The third-order valence-corrected chi connectivity index (χ3v) is 5.64. The van der Waals surface area contributed by atoms with Crippen LogP contribution in [0.15, 0.2) is 24.3 Å². The number of hydrogen-bond acceptors (Lipinski definition) is 2. The average molecular weight is 287 g/mol. The number of aryl methyl sites for hydroxylation is 1. The van der Waals surface area contributed by atoms with Crippen LogP contribution >= 0.6 is 0 Å². The number of anilines is 1. The van der Waals surface area contributed by atoms with Gasteiger partial charge in [0.15, 0.2) is 0 Å². The van der Waals surface area contributed by atoms with Crippen LogP contribution in [0.4, 0.5) is 5.69 Å². The molecule has 114 valence electrons. The number of hydrogen-bond donors (Lipinski definition) is 2. The van der Waals surface area contributed by atoms with Crippen molar-refractivity contribution in [1.82, 2.24) is 0 Å². The molecule has 3 heteroatoms. The van der Waals surface area contributed by atoms with E-state index in [0.717, 1.165) is 36.9 Å². The van der Waals surface area contributed by atoms with Crippen LogP contribution in [0.3, 0.4) is 0 Å². The van der Waals surface area contributed by atoms with Crippen molar-refractivity contribution < 1.29 is 9.90 Å². The Morgan fingerprint density at radius 1 is 1.10 bits per heavy atom. The molecule has 1 aromatic rings. The Balaban J connectivity index is 1.77. The Hall–Kier alpha value is -1.51. The Labute approximate surface area is 126 Å². The third kappa shape index (κ3) is 2.78. The zero-order chi connectivity index (χ0) is 14.9. The molecule has 0 amide bonds. The summed E-state index contributed by atoms with van der Waals surface area (Å²) in [6.45, 7) is 2.03. The fourth-order valence-electron chi connectivity index (χ4n) is 4.22. The van der Waals surface area contributed by atoms with Gasteiger partial charge in [-0.3, -0.25) is 0 Å². The van der Waals surface area contributed by atoms with Gasteiger partial charge < -0.3 is 10.4 Å². The topological polar surface area (TPSA) is 49.3 Å². The Morgan fingerprint density at radius 3 is 2.33 bits per heavy atom. The summed E-state index contributed by atoms with van der Waals surface area (Å²) >= 11 is 0. The summed E-state index contributed by atoms with van der Waals surface area (Å²) in [6.07, 6.45) is 8.85. The van der Waals surface area contributed by atoms with E-state index in [4.69, 9.17) is 0 Å². The minimum atomic E-state index is -0.776. The Morgan fingerprint density at radius 2 is 1.76 bits per heavy atom. The smallest absolute Gasteiger partial charge is 0.329 e. The van der Waals surface area contributed by atoms with Crippen molar-refractivity contribution in [2.45, 2.75) is 63.8 Å². The van der Waals surface area contributed by atoms with Crippen molar-refractivity contribution in [2.75, 3.05) is 5.32 Å². The quantitative estimate of drug-likeness (QED) is 0.868. The molecule has 0 radical (unpaired) electrons. The second-order valence-corrected chi connectivity index (χ2v) is 7.09. The summed E-state index contributed by atoms with van der Waals surface area (Å²) in [5.74, 6) is -0.697. The molecule has 2 aliphatic carbocycles. The van der Waals surface area contributed by atoms with Gasteiger partial charge in [-0.1, -0.05) is 25.0 Å². The highest BCUT2D eigenvalue weighted by molar-refractivity contribution is 5.83. The molecule has 0 aromatic heterocycles. The molecule has 1 aromatic carbocycles. The first-order valence-corrected chi connectivity index (χ1v) is 8.12. The minimum absolute atomic E-state index is 0.452. The average Bonchev–Trinajstić information content (AvgIpc) is 2.90. The predicted molar refractivity (Wildman–Crippen MR) is 84.5 cm³/mol. The van der Waals surface area contributed by atoms with Gasteiger partial charge in [0.1, 0.15) is 5.54 Å². The van der Waals surface area contributed by atoms with Gasteiger partial charge in [-0.05, 0) is 68.6 Å². The number of carboxylic acids is 1. The van der Waals surface area contributed by atoms with Crippen molar-refractivity contribution in [3.63, 3.8) is 0 Å². The lowest BCUT2D eigenvalue weighted by Crippen LogP contribution is -2.50. The maximum atomic E-state index is 11.9. The zero-order valence-corrected chi connectivity index (χ0v) is 12.8. The summed E-state index contributed by atoms with van der Waals surface area (Å²) in [6, 6.07) is 8.02. The molecule has 2 N–H and O–H groups in total. The van der Waals surface area contributed by atoms with E-state index in [2.05, 4.69) is 5.32 Å². The van der Waals surface area contributed by atoms with Gasteiger partial charge in [0, 0.05) is 5.69 Å². The molecule has 1 spiro atoms. The first-order chi connectivity index (χ1) is 10.0. The largest absolute Gasteiger partial charge is 0.480 e. The van der Waals surface area contributed by atoms with E-state index in [9.17, 15) is 9.90 Å². The van der Waals surface area contributed by atoms with E-state index < -0.39 is 11.5 Å². The van der Waals surface area contributed by atoms with E-state index in [0.29, 0.717) is 5.41 Å². The number of aliphatic carboxylic acids is 1. The minimum Gasteiger partial charge on any atom is -0.480 e. The van der Waals surface area contributed by atoms with E-state index in [1.165, 1.54) is 25.7 Å². The number of benzene rings is 1. The van der Waals surface area contributed by atoms with Crippen LogP contribution in [0.5, 0.6) is 0 Å². The van der Waals surface area contributed by atoms with Gasteiger partial charge in [0.2, 0.25) is 0 Å². The van der Waals surface area contributed by atoms with Crippen LogP contribution in [-0.2, 0) is 4.79 Å². The van der Waals surface area contributed by atoms with Gasteiger partial charge in [-0.2, -0.15) is 0 Å². The molecule has 21 heavy (non-hydrogen) atoms. The van der Waals surface area contributed by atoms with Crippen molar-refractivity contribution in [2.24, 2.45) is 5.41 Å². The highest BCUT2D eigenvalue weighted by Gasteiger charge is 2.48. The lowest BCUT2D eigenvalue weighted by Gasteiger charge is -2.43. The lowest BCUT2D eigenvalue weighted by molar-refractivity contribution is -0.144. The number of carbonyl (C=O) groups is 1. The molecule has 2 saturated carbocycles. The maximum absolute atomic E-state index is 11.9. The van der Waals surface area contributed by atoms with Crippen LogP contribution in [-0.4, -0.2) is 16.6 Å². The van der Waals surface area contributed by atoms with Gasteiger partial charge in [0.05, 0.1) is 0 Å². The second-order valence-electron chi connectivity index (χ2n) is 7.09. The monoisotopic (exact) mass is 287 g/mol. The van der Waals surface area contributed by atoms with Crippen molar-refractivity contribution in [1.29, 1.82) is 0 Å². The van der Waals surface area contributed by atoms with Crippen molar-refractivity contribution >= 4 is 11.7 Å². The predicted octanol–water partition coefficient (Wildman–Crippen LogP) is 4.36. The van der Waals surface area contributed by atoms with Crippen LogP contribution in [0.25, 0.3) is 0 Å². The molecule has 0 heterocycles. The highest BCUT2D eigenvalue weighted by atomic mass is 16.4. The summed E-state index contributed by atoms with van der Waals surface area (Å²) in [4.78, 5) is 11.9. The van der Waals surface area contributed by atoms with Crippen LogP contribution in [0.2, 0.25) is 0 Å². The molecule has 0 aliphatic heterocycles. The lowest BCUT2D eigenvalue weighted by atomic mass is 9.66. The molecule has 0 saturated heterocycles. The van der Waals surface area contributed by atoms with E-state index >= 15 is 0 Å². The standard InChI is InChI=1S/C18H25NO2/c1-14-5-4-6-15(13-14)19-18(16(20)21)11-9-17(10-12-18)7-2-3-8-17/h4-6,13,19H,2-3,7-12H2,1H3,(H,20,21). The second kappa shape index (κ2) is 5.36. The molecule has 0 atom stereocenters. The summed E-state index contributed by atoms with van der Waals surface area (Å²) < 4.78 is 0. The highest BCUT2D eigenvalue weighted by Crippen LogP contribution is 2.51. The normalized spacial score (nSPS) is 23.1. The fourth-order valence-corrected chi connectivity index (χ4v) is 4.22. The molecular formula is C18H25NO2. The maximum Gasteiger partial charge on any atom is 0.329 e. The van der Waals surface area contributed by atoms with Crippen molar-refractivity contribution in [3.05, 3.63) is 29.8 Å². The van der Waals surface area contributed by atoms with Gasteiger partial charge in [-0.25, -0.2) is 4.79 Å². The molecular weight excluding hydrogens is 262 g/mol. The van der Waals surface area contributed by atoms with Gasteiger partial charge in [-0.15, -0.1) is 0 Å². The molecule has 3 nitrogen and oxygen atoms in total. The van der Waals surface area contributed by atoms with E-state index in [1.54, 1.807) is 0 Å². The number of nitrogens with one attached hydrogen (secondary N) is 1. The Bertz CT molecular complexity index is 522. The molecule has 0 bridgehead atoms.